The van der Waals surface area contributed by atoms with Crippen molar-refractivity contribution in [2.75, 3.05) is 36.4 Å². The first-order chi connectivity index (χ1) is 15.2. The van der Waals surface area contributed by atoms with Gasteiger partial charge in [-0.1, -0.05) is 19.9 Å². The number of hydrogen-bond acceptors (Lipinski definition) is 4. The Balaban J connectivity index is 1.50. The fourth-order valence-electron chi connectivity index (χ4n) is 4.75. The van der Waals surface area contributed by atoms with Crippen molar-refractivity contribution in [2.24, 2.45) is 11.8 Å². The Morgan fingerprint density at radius 3 is 2.38 bits per heavy atom. The molecule has 2 aromatic rings. The summed E-state index contributed by atoms with van der Waals surface area (Å²) in [7, 11) is -3.69. The van der Waals surface area contributed by atoms with E-state index in [-0.39, 0.29) is 16.3 Å². The highest BCUT2D eigenvalue weighted by Crippen LogP contribution is 2.28. The van der Waals surface area contributed by atoms with Crippen LogP contribution in [0.1, 0.15) is 43.5 Å². The lowest BCUT2D eigenvalue weighted by Crippen LogP contribution is -2.42. The molecule has 2 atom stereocenters. The minimum absolute atomic E-state index is 0.0991. The number of carbonyl (C=O) groups excluding carboxylic acids is 1. The first-order valence-electron chi connectivity index (χ1n) is 11.2. The van der Waals surface area contributed by atoms with E-state index in [1.165, 1.54) is 22.5 Å². The van der Waals surface area contributed by atoms with Crippen molar-refractivity contribution in [1.29, 1.82) is 0 Å². The van der Waals surface area contributed by atoms with E-state index in [1.54, 1.807) is 24.3 Å². The molecule has 2 aliphatic rings. The number of rotatable bonds is 5. The van der Waals surface area contributed by atoms with Gasteiger partial charge >= 0.3 is 0 Å². The second-order valence-corrected chi connectivity index (χ2v) is 11.0. The number of carbonyl (C=O) groups is 1. The van der Waals surface area contributed by atoms with Gasteiger partial charge in [0.25, 0.3) is 5.91 Å². The summed E-state index contributed by atoms with van der Waals surface area (Å²) >= 11 is 0. The van der Waals surface area contributed by atoms with Crippen LogP contribution in [0.4, 0.5) is 15.8 Å². The minimum Gasteiger partial charge on any atom is -0.369 e. The van der Waals surface area contributed by atoms with Gasteiger partial charge in [0.1, 0.15) is 5.82 Å². The Bertz CT molecular complexity index is 1090. The van der Waals surface area contributed by atoms with Gasteiger partial charge in [0, 0.05) is 37.4 Å². The number of benzene rings is 2. The summed E-state index contributed by atoms with van der Waals surface area (Å²) in [6.45, 7) is 6.72. The Morgan fingerprint density at radius 1 is 1.03 bits per heavy atom. The lowest BCUT2D eigenvalue weighted by molar-refractivity contribution is 0.102. The number of halogens is 1. The number of amides is 1. The van der Waals surface area contributed by atoms with Crippen LogP contribution in [-0.2, 0) is 10.0 Å². The van der Waals surface area contributed by atoms with E-state index in [2.05, 4.69) is 19.2 Å². The van der Waals surface area contributed by atoms with Crippen LogP contribution >= 0.6 is 0 Å². The van der Waals surface area contributed by atoms with Crippen LogP contribution in [0.25, 0.3) is 0 Å². The van der Waals surface area contributed by atoms with Crippen molar-refractivity contribution >= 4 is 27.3 Å². The van der Waals surface area contributed by atoms with Gasteiger partial charge in [0.2, 0.25) is 10.0 Å². The van der Waals surface area contributed by atoms with Gasteiger partial charge in [-0.15, -0.1) is 0 Å². The second kappa shape index (κ2) is 9.19. The van der Waals surface area contributed by atoms with Gasteiger partial charge in [-0.2, -0.15) is 4.31 Å². The maximum absolute atomic E-state index is 14.6. The zero-order chi connectivity index (χ0) is 22.9. The summed E-state index contributed by atoms with van der Waals surface area (Å²) in [6.07, 6.45) is 3.10. The first kappa shape index (κ1) is 22.7. The van der Waals surface area contributed by atoms with Crippen molar-refractivity contribution in [2.45, 2.75) is 38.0 Å². The largest absolute Gasteiger partial charge is 0.369 e. The highest BCUT2D eigenvalue weighted by molar-refractivity contribution is 7.89. The molecular formula is C24H30FN3O3S. The number of anilines is 2. The van der Waals surface area contributed by atoms with Crippen LogP contribution < -0.4 is 10.2 Å². The van der Waals surface area contributed by atoms with E-state index in [9.17, 15) is 17.6 Å². The zero-order valence-corrected chi connectivity index (χ0v) is 19.4. The number of piperidine rings is 1. The van der Waals surface area contributed by atoms with E-state index in [4.69, 9.17) is 0 Å². The van der Waals surface area contributed by atoms with E-state index in [0.29, 0.717) is 36.3 Å². The fraction of sp³-hybridized carbons (Fsp3) is 0.458. The Hall–Kier alpha value is -2.45. The molecule has 0 aromatic heterocycles. The van der Waals surface area contributed by atoms with Crippen LogP contribution in [0.3, 0.4) is 0 Å². The highest BCUT2D eigenvalue weighted by Gasteiger charge is 2.32. The van der Waals surface area contributed by atoms with Crippen molar-refractivity contribution in [3.8, 4) is 0 Å². The summed E-state index contributed by atoms with van der Waals surface area (Å²) < 4.78 is 42.4. The van der Waals surface area contributed by atoms with E-state index >= 15 is 0 Å². The molecular weight excluding hydrogens is 429 g/mol. The molecule has 6 nitrogen and oxygen atoms in total. The highest BCUT2D eigenvalue weighted by atomic mass is 32.2. The molecule has 1 amide bonds. The summed E-state index contributed by atoms with van der Waals surface area (Å²) in [4.78, 5) is 14.9. The minimum atomic E-state index is -3.69. The average molecular weight is 460 g/mol. The zero-order valence-electron chi connectivity index (χ0n) is 18.6. The van der Waals surface area contributed by atoms with Gasteiger partial charge < -0.3 is 10.2 Å². The quantitative estimate of drug-likeness (QED) is 0.722. The maximum atomic E-state index is 14.6. The summed E-state index contributed by atoms with van der Waals surface area (Å²) in [6, 6.07) is 10.7. The third-order valence-electron chi connectivity index (χ3n) is 6.22. The van der Waals surface area contributed by atoms with Crippen molar-refractivity contribution in [3.63, 3.8) is 0 Å². The molecule has 2 unspecified atom stereocenters. The second-order valence-electron chi connectivity index (χ2n) is 9.11. The lowest BCUT2D eigenvalue weighted by Gasteiger charge is -2.34. The molecule has 2 fully saturated rings. The molecule has 0 saturated carbocycles. The fourth-order valence-corrected chi connectivity index (χ4v) is 6.48. The van der Waals surface area contributed by atoms with E-state index in [1.807, 2.05) is 4.90 Å². The molecule has 2 saturated heterocycles. The smallest absolute Gasteiger partial charge is 0.255 e. The van der Waals surface area contributed by atoms with Crippen LogP contribution in [0.5, 0.6) is 0 Å². The molecule has 0 radical (unpaired) electrons. The van der Waals surface area contributed by atoms with Crippen LogP contribution in [0, 0.1) is 17.7 Å². The first-order valence-corrected chi connectivity index (χ1v) is 12.6. The molecule has 2 aromatic carbocycles. The molecule has 1 N–H and O–H groups in total. The number of nitrogens with zero attached hydrogens (tertiary/aromatic N) is 2. The molecule has 0 aliphatic carbocycles. The summed E-state index contributed by atoms with van der Waals surface area (Å²) in [5.41, 5.74) is 1.09. The maximum Gasteiger partial charge on any atom is 0.255 e. The Labute approximate surface area is 189 Å². The molecule has 4 rings (SSSR count). The van der Waals surface area contributed by atoms with Crippen LogP contribution in [0.15, 0.2) is 47.4 Å². The normalized spacial score (nSPS) is 22.2. The molecule has 8 heteroatoms. The van der Waals surface area contributed by atoms with Crippen molar-refractivity contribution < 1.29 is 17.6 Å². The van der Waals surface area contributed by atoms with Crippen molar-refractivity contribution in [1.82, 2.24) is 4.31 Å². The third-order valence-corrected chi connectivity index (χ3v) is 8.05. The topological polar surface area (TPSA) is 69.7 Å². The van der Waals surface area contributed by atoms with E-state index < -0.39 is 15.9 Å². The standard InChI is InChI=1S/C24H30FN3O3S/c1-17-12-18(2)16-28(15-17)32(30,31)21-7-5-6-19(13-21)24(29)26-20-8-9-23(22(25)14-20)27-10-3-4-11-27/h5-9,13-14,17-18H,3-4,10-12,15-16H2,1-2H3,(H,26,29). The van der Waals surface area contributed by atoms with Crippen LogP contribution in [0.2, 0.25) is 0 Å². The van der Waals surface area contributed by atoms with Gasteiger partial charge in [-0.05, 0) is 67.5 Å². The molecule has 0 bridgehead atoms. The van der Waals surface area contributed by atoms with Gasteiger partial charge in [0.05, 0.1) is 10.6 Å². The number of nitrogens with one attached hydrogen (secondary N) is 1. The Morgan fingerprint density at radius 2 is 1.72 bits per heavy atom. The molecule has 32 heavy (non-hydrogen) atoms. The summed E-state index contributed by atoms with van der Waals surface area (Å²) in [5, 5.41) is 2.68. The van der Waals surface area contributed by atoms with Gasteiger partial charge in [-0.25, -0.2) is 12.8 Å². The molecule has 0 spiro atoms. The van der Waals surface area contributed by atoms with Crippen molar-refractivity contribution in [3.05, 3.63) is 53.8 Å². The monoisotopic (exact) mass is 459 g/mol. The average Bonchev–Trinajstić information content (AvgIpc) is 3.28. The predicted octanol–water partition coefficient (Wildman–Crippen LogP) is 4.34. The van der Waals surface area contributed by atoms with Gasteiger partial charge in [0.15, 0.2) is 0 Å². The number of hydrogen-bond donors (Lipinski definition) is 1. The lowest BCUT2D eigenvalue weighted by atomic mass is 9.94. The Kier molecular flexibility index (Phi) is 6.53. The van der Waals surface area contributed by atoms with Gasteiger partial charge in [-0.3, -0.25) is 4.79 Å². The molecule has 2 aliphatic heterocycles. The SMILES string of the molecule is CC1CC(C)CN(S(=O)(=O)c2cccc(C(=O)Nc3ccc(N4CCCC4)c(F)c3)c2)C1. The molecule has 172 valence electrons. The predicted molar refractivity (Wildman–Crippen MR) is 124 cm³/mol. The summed E-state index contributed by atoms with van der Waals surface area (Å²) in [5.74, 6) is -0.276. The van der Waals surface area contributed by atoms with E-state index in [0.717, 1.165) is 32.4 Å². The molecule has 2 heterocycles. The number of sulfonamides is 1. The third kappa shape index (κ3) is 4.81. The van der Waals surface area contributed by atoms with Crippen LogP contribution in [-0.4, -0.2) is 44.8 Å².